The summed E-state index contributed by atoms with van der Waals surface area (Å²) in [7, 11) is 0. The van der Waals surface area contributed by atoms with E-state index < -0.39 is 0 Å². The Balaban J connectivity index is 1.66. The standard InChI is InChI=1S/C13H26N2O2/c1-13(2)11-17-10-7-15(13)6-5-14-12-3-8-16-9-4-12/h12,14H,3-11H2,1-2H3. The van der Waals surface area contributed by atoms with Crippen LogP contribution < -0.4 is 5.32 Å². The van der Waals surface area contributed by atoms with Crippen molar-refractivity contribution in [1.82, 2.24) is 10.2 Å². The monoisotopic (exact) mass is 242 g/mol. The number of morpholine rings is 1. The molecule has 0 aromatic rings. The molecular formula is C13H26N2O2. The Morgan fingerprint density at radius 1 is 1.18 bits per heavy atom. The highest BCUT2D eigenvalue weighted by atomic mass is 16.5. The molecule has 100 valence electrons. The van der Waals surface area contributed by atoms with Crippen LogP contribution >= 0.6 is 0 Å². The predicted octanol–water partition coefficient (Wildman–Crippen LogP) is 0.866. The molecule has 0 aromatic heterocycles. The minimum absolute atomic E-state index is 0.190. The molecule has 0 radical (unpaired) electrons. The van der Waals surface area contributed by atoms with E-state index in [0.29, 0.717) is 6.04 Å². The second-order valence-electron chi connectivity index (χ2n) is 5.69. The third kappa shape index (κ3) is 3.91. The van der Waals surface area contributed by atoms with Crippen molar-refractivity contribution in [2.24, 2.45) is 0 Å². The fourth-order valence-corrected chi connectivity index (χ4v) is 2.61. The molecule has 2 fully saturated rings. The zero-order valence-electron chi connectivity index (χ0n) is 11.2. The van der Waals surface area contributed by atoms with Crippen molar-refractivity contribution in [3.63, 3.8) is 0 Å². The van der Waals surface area contributed by atoms with Crippen LogP contribution in [-0.2, 0) is 9.47 Å². The van der Waals surface area contributed by atoms with Crippen molar-refractivity contribution in [1.29, 1.82) is 0 Å². The molecule has 0 saturated carbocycles. The fraction of sp³-hybridized carbons (Fsp3) is 1.00. The van der Waals surface area contributed by atoms with Crippen LogP contribution in [0, 0.1) is 0 Å². The van der Waals surface area contributed by atoms with Crippen LogP contribution in [0.4, 0.5) is 0 Å². The summed E-state index contributed by atoms with van der Waals surface area (Å²) in [6.07, 6.45) is 2.32. The zero-order valence-corrected chi connectivity index (χ0v) is 11.2. The van der Waals surface area contributed by atoms with Gasteiger partial charge in [-0.1, -0.05) is 0 Å². The van der Waals surface area contributed by atoms with Crippen LogP contribution in [-0.4, -0.2) is 62.5 Å². The van der Waals surface area contributed by atoms with E-state index in [0.717, 1.165) is 58.9 Å². The predicted molar refractivity (Wildman–Crippen MR) is 68.3 cm³/mol. The van der Waals surface area contributed by atoms with E-state index in [9.17, 15) is 0 Å². The summed E-state index contributed by atoms with van der Waals surface area (Å²) in [6.45, 7) is 11.3. The minimum atomic E-state index is 0.190. The van der Waals surface area contributed by atoms with Crippen molar-refractivity contribution in [2.75, 3.05) is 46.1 Å². The maximum atomic E-state index is 5.53. The largest absolute Gasteiger partial charge is 0.381 e. The highest BCUT2D eigenvalue weighted by Crippen LogP contribution is 2.18. The molecular weight excluding hydrogens is 216 g/mol. The van der Waals surface area contributed by atoms with Gasteiger partial charge in [-0.05, 0) is 26.7 Å². The summed E-state index contributed by atoms with van der Waals surface area (Å²) in [5.74, 6) is 0. The molecule has 1 N–H and O–H groups in total. The summed E-state index contributed by atoms with van der Waals surface area (Å²) < 4.78 is 10.9. The third-order valence-corrected chi connectivity index (χ3v) is 3.85. The van der Waals surface area contributed by atoms with Gasteiger partial charge in [0, 0.05) is 44.4 Å². The molecule has 2 heterocycles. The summed E-state index contributed by atoms with van der Waals surface area (Å²) in [6, 6.07) is 0.660. The van der Waals surface area contributed by atoms with Crippen LogP contribution in [0.5, 0.6) is 0 Å². The number of hydrogen-bond donors (Lipinski definition) is 1. The lowest BCUT2D eigenvalue weighted by Crippen LogP contribution is -2.55. The SMILES string of the molecule is CC1(C)COCCN1CCNC1CCOCC1. The normalized spacial score (nSPS) is 27.2. The molecule has 2 aliphatic rings. The first kappa shape index (κ1) is 13.3. The molecule has 4 heteroatoms. The summed E-state index contributed by atoms with van der Waals surface area (Å²) in [4.78, 5) is 2.53. The highest BCUT2D eigenvalue weighted by Gasteiger charge is 2.29. The van der Waals surface area contributed by atoms with E-state index in [4.69, 9.17) is 9.47 Å². The lowest BCUT2D eigenvalue weighted by molar-refractivity contribution is -0.0505. The van der Waals surface area contributed by atoms with Gasteiger partial charge in [0.15, 0.2) is 0 Å². The molecule has 2 saturated heterocycles. The smallest absolute Gasteiger partial charge is 0.0645 e. The van der Waals surface area contributed by atoms with Gasteiger partial charge < -0.3 is 14.8 Å². The van der Waals surface area contributed by atoms with Crippen molar-refractivity contribution < 1.29 is 9.47 Å². The quantitative estimate of drug-likeness (QED) is 0.793. The molecule has 2 aliphatic heterocycles. The van der Waals surface area contributed by atoms with E-state index in [1.54, 1.807) is 0 Å². The zero-order chi connectivity index (χ0) is 12.1. The van der Waals surface area contributed by atoms with Gasteiger partial charge in [-0.15, -0.1) is 0 Å². The van der Waals surface area contributed by atoms with Crippen LogP contribution in [0.15, 0.2) is 0 Å². The molecule has 0 bridgehead atoms. The van der Waals surface area contributed by atoms with Crippen molar-refractivity contribution >= 4 is 0 Å². The Morgan fingerprint density at radius 2 is 1.94 bits per heavy atom. The third-order valence-electron chi connectivity index (χ3n) is 3.85. The first-order valence-corrected chi connectivity index (χ1v) is 6.82. The molecule has 0 aromatic carbocycles. The van der Waals surface area contributed by atoms with Gasteiger partial charge >= 0.3 is 0 Å². The van der Waals surface area contributed by atoms with E-state index in [1.807, 2.05) is 0 Å². The maximum Gasteiger partial charge on any atom is 0.0645 e. The molecule has 17 heavy (non-hydrogen) atoms. The van der Waals surface area contributed by atoms with Crippen molar-refractivity contribution in [3.8, 4) is 0 Å². The number of nitrogens with zero attached hydrogens (tertiary/aromatic N) is 1. The lowest BCUT2D eigenvalue weighted by atomic mass is 10.0. The first-order chi connectivity index (χ1) is 8.18. The van der Waals surface area contributed by atoms with E-state index >= 15 is 0 Å². The van der Waals surface area contributed by atoms with Crippen LogP contribution in [0.3, 0.4) is 0 Å². The van der Waals surface area contributed by atoms with E-state index in [-0.39, 0.29) is 5.54 Å². The second-order valence-corrected chi connectivity index (χ2v) is 5.69. The van der Waals surface area contributed by atoms with Crippen LogP contribution in [0.25, 0.3) is 0 Å². The van der Waals surface area contributed by atoms with E-state index in [2.05, 4.69) is 24.1 Å². The minimum Gasteiger partial charge on any atom is -0.381 e. The molecule has 0 spiro atoms. The Bertz CT molecular complexity index is 227. The van der Waals surface area contributed by atoms with E-state index in [1.165, 1.54) is 0 Å². The van der Waals surface area contributed by atoms with Gasteiger partial charge in [0.2, 0.25) is 0 Å². The molecule has 2 rings (SSSR count). The second kappa shape index (κ2) is 6.14. The van der Waals surface area contributed by atoms with Gasteiger partial charge in [0.05, 0.1) is 13.2 Å². The van der Waals surface area contributed by atoms with Crippen LogP contribution in [0.1, 0.15) is 26.7 Å². The Labute approximate surface area is 105 Å². The van der Waals surface area contributed by atoms with Gasteiger partial charge in [-0.3, -0.25) is 4.90 Å². The topological polar surface area (TPSA) is 33.7 Å². The van der Waals surface area contributed by atoms with Crippen molar-refractivity contribution in [2.45, 2.75) is 38.3 Å². The Kier molecular flexibility index (Phi) is 4.79. The van der Waals surface area contributed by atoms with Gasteiger partial charge in [0.25, 0.3) is 0 Å². The average molecular weight is 242 g/mol. The highest BCUT2D eigenvalue weighted by molar-refractivity contribution is 4.85. The molecule has 0 aliphatic carbocycles. The first-order valence-electron chi connectivity index (χ1n) is 6.82. The number of hydrogen-bond acceptors (Lipinski definition) is 4. The average Bonchev–Trinajstić information content (AvgIpc) is 2.32. The lowest BCUT2D eigenvalue weighted by Gasteiger charge is -2.42. The number of rotatable bonds is 4. The summed E-state index contributed by atoms with van der Waals surface area (Å²) >= 11 is 0. The van der Waals surface area contributed by atoms with Crippen molar-refractivity contribution in [3.05, 3.63) is 0 Å². The Morgan fingerprint density at radius 3 is 2.65 bits per heavy atom. The van der Waals surface area contributed by atoms with Gasteiger partial charge in [-0.25, -0.2) is 0 Å². The number of nitrogens with one attached hydrogen (secondary N) is 1. The molecule has 0 atom stereocenters. The molecule has 0 unspecified atom stereocenters. The maximum absolute atomic E-state index is 5.53. The van der Waals surface area contributed by atoms with Crippen LogP contribution in [0.2, 0.25) is 0 Å². The molecule has 4 nitrogen and oxygen atoms in total. The summed E-state index contributed by atoms with van der Waals surface area (Å²) in [5.41, 5.74) is 0.190. The summed E-state index contributed by atoms with van der Waals surface area (Å²) in [5, 5.41) is 3.64. The molecule has 0 amide bonds. The Hall–Kier alpha value is -0.160. The van der Waals surface area contributed by atoms with Gasteiger partial charge in [0.1, 0.15) is 0 Å². The number of ether oxygens (including phenoxy) is 2. The van der Waals surface area contributed by atoms with Gasteiger partial charge in [-0.2, -0.15) is 0 Å². The fourth-order valence-electron chi connectivity index (χ4n) is 2.61.